The van der Waals surface area contributed by atoms with Crippen LogP contribution in [0.15, 0.2) is 18.2 Å². The van der Waals surface area contributed by atoms with Crippen LogP contribution in [0.1, 0.15) is 13.3 Å². The first-order valence-corrected chi connectivity index (χ1v) is 5.38. The molecule has 0 unspecified atom stereocenters. The Morgan fingerprint density at radius 3 is 2.80 bits per heavy atom. The summed E-state index contributed by atoms with van der Waals surface area (Å²) in [6.07, 6.45) is 0.832. The third-order valence-corrected chi connectivity index (χ3v) is 2.18. The summed E-state index contributed by atoms with van der Waals surface area (Å²) in [6, 6.07) is 5.32. The molecular formula is C11H16ClNO2. The summed E-state index contributed by atoms with van der Waals surface area (Å²) in [4.78, 5) is 0. The standard InChI is InChI=1S/C11H16ClNO2/c1-2-14-7-4-8-15-11-9(12)5-3-6-10(11)13/h3,5-6H,2,4,7-8,13H2,1H3. The number of rotatable bonds is 6. The van der Waals surface area contributed by atoms with Crippen LogP contribution in [-0.2, 0) is 4.74 Å². The van der Waals surface area contributed by atoms with Crippen LogP contribution in [0.25, 0.3) is 0 Å². The van der Waals surface area contributed by atoms with Crippen LogP contribution < -0.4 is 10.5 Å². The lowest BCUT2D eigenvalue weighted by atomic mass is 10.3. The van der Waals surface area contributed by atoms with Gasteiger partial charge >= 0.3 is 0 Å². The molecule has 15 heavy (non-hydrogen) atoms. The maximum Gasteiger partial charge on any atom is 0.160 e. The molecule has 0 aromatic heterocycles. The number of nitrogen functional groups attached to an aromatic ring is 1. The lowest BCUT2D eigenvalue weighted by Crippen LogP contribution is -2.04. The second kappa shape index (κ2) is 6.53. The summed E-state index contributed by atoms with van der Waals surface area (Å²) in [5, 5.41) is 0.548. The van der Waals surface area contributed by atoms with Crippen molar-refractivity contribution >= 4 is 17.3 Å². The first-order valence-electron chi connectivity index (χ1n) is 5.00. The van der Waals surface area contributed by atoms with Gasteiger partial charge in [0.25, 0.3) is 0 Å². The van der Waals surface area contributed by atoms with E-state index in [1.165, 1.54) is 0 Å². The predicted octanol–water partition coefficient (Wildman–Crippen LogP) is 2.73. The molecule has 3 nitrogen and oxygen atoms in total. The number of hydrogen-bond donors (Lipinski definition) is 1. The lowest BCUT2D eigenvalue weighted by molar-refractivity contribution is 0.131. The van der Waals surface area contributed by atoms with Crippen LogP contribution in [-0.4, -0.2) is 19.8 Å². The van der Waals surface area contributed by atoms with Crippen LogP contribution in [0.2, 0.25) is 5.02 Å². The van der Waals surface area contributed by atoms with Gasteiger partial charge in [-0.05, 0) is 19.1 Å². The summed E-state index contributed by atoms with van der Waals surface area (Å²) in [7, 11) is 0. The number of benzene rings is 1. The van der Waals surface area contributed by atoms with Crippen molar-refractivity contribution in [2.75, 3.05) is 25.6 Å². The first kappa shape index (κ1) is 12.1. The Morgan fingerprint density at radius 1 is 1.33 bits per heavy atom. The van der Waals surface area contributed by atoms with Gasteiger partial charge in [-0.25, -0.2) is 0 Å². The van der Waals surface area contributed by atoms with Crippen LogP contribution >= 0.6 is 11.6 Å². The third-order valence-electron chi connectivity index (χ3n) is 1.88. The van der Waals surface area contributed by atoms with Crippen LogP contribution in [0.5, 0.6) is 5.75 Å². The molecule has 2 N–H and O–H groups in total. The summed E-state index contributed by atoms with van der Waals surface area (Å²) in [5.41, 5.74) is 6.29. The van der Waals surface area contributed by atoms with Crippen LogP contribution in [0.4, 0.5) is 5.69 Å². The number of anilines is 1. The van der Waals surface area contributed by atoms with Crippen molar-refractivity contribution < 1.29 is 9.47 Å². The zero-order chi connectivity index (χ0) is 11.1. The molecule has 0 aliphatic carbocycles. The molecule has 1 aromatic carbocycles. The molecule has 0 heterocycles. The van der Waals surface area contributed by atoms with Crippen molar-refractivity contribution in [3.8, 4) is 5.75 Å². The lowest BCUT2D eigenvalue weighted by Gasteiger charge is -2.10. The zero-order valence-corrected chi connectivity index (χ0v) is 9.59. The highest BCUT2D eigenvalue weighted by Gasteiger charge is 2.04. The van der Waals surface area contributed by atoms with E-state index in [-0.39, 0.29) is 0 Å². The summed E-state index contributed by atoms with van der Waals surface area (Å²) in [5.74, 6) is 0.565. The molecular weight excluding hydrogens is 214 g/mol. The Morgan fingerprint density at radius 2 is 2.13 bits per heavy atom. The Bertz CT molecular complexity index is 284. The average molecular weight is 230 g/mol. The van der Waals surface area contributed by atoms with Gasteiger partial charge in [-0.2, -0.15) is 0 Å². The van der Waals surface area contributed by atoms with Crippen molar-refractivity contribution in [3.05, 3.63) is 23.2 Å². The molecule has 0 atom stereocenters. The van der Waals surface area contributed by atoms with Crippen molar-refractivity contribution in [2.24, 2.45) is 0 Å². The molecule has 1 rings (SSSR count). The largest absolute Gasteiger partial charge is 0.490 e. The van der Waals surface area contributed by atoms with Gasteiger partial charge in [0.1, 0.15) is 0 Å². The van der Waals surface area contributed by atoms with Crippen molar-refractivity contribution in [1.29, 1.82) is 0 Å². The van der Waals surface area contributed by atoms with Gasteiger partial charge in [-0.1, -0.05) is 17.7 Å². The number of ether oxygens (including phenoxy) is 2. The second-order valence-corrected chi connectivity index (χ2v) is 3.46. The molecule has 0 spiro atoms. The Balaban J connectivity index is 2.37. The van der Waals surface area contributed by atoms with Gasteiger partial charge in [-0.3, -0.25) is 0 Å². The quantitative estimate of drug-likeness (QED) is 0.603. The Hall–Kier alpha value is -0.930. The van der Waals surface area contributed by atoms with Crippen LogP contribution in [0, 0.1) is 0 Å². The molecule has 0 radical (unpaired) electrons. The minimum Gasteiger partial charge on any atom is -0.490 e. The van der Waals surface area contributed by atoms with Crippen LogP contribution in [0.3, 0.4) is 0 Å². The fourth-order valence-corrected chi connectivity index (χ4v) is 1.39. The smallest absolute Gasteiger partial charge is 0.160 e. The second-order valence-electron chi connectivity index (χ2n) is 3.06. The fourth-order valence-electron chi connectivity index (χ4n) is 1.16. The number of para-hydroxylation sites is 1. The highest BCUT2D eigenvalue weighted by Crippen LogP contribution is 2.30. The Labute approximate surface area is 95.1 Å². The maximum atomic E-state index is 5.93. The minimum atomic E-state index is 0.548. The fraction of sp³-hybridized carbons (Fsp3) is 0.455. The normalized spacial score (nSPS) is 10.3. The van der Waals surface area contributed by atoms with E-state index in [1.54, 1.807) is 18.2 Å². The van der Waals surface area contributed by atoms with Gasteiger partial charge in [0.2, 0.25) is 0 Å². The highest BCUT2D eigenvalue weighted by molar-refractivity contribution is 6.32. The van der Waals surface area contributed by atoms with Crippen molar-refractivity contribution in [2.45, 2.75) is 13.3 Å². The summed E-state index contributed by atoms with van der Waals surface area (Å²) >= 11 is 5.93. The van der Waals surface area contributed by atoms with E-state index in [4.69, 9.17) is 26.8 Å². The van der Waals surface area contributed by atoms with Gasteiger partial charge < -0.3 is 15.2 Å². The Kier molecular flexibility index (Phi) is 5.29. The molecule has 0 aliphatic rings. The molecule has 0 saturated heterocycles. The molecule has 1 aromatic rings. The third kappa shape index (κ3) is 3.98. The predicted molar refractivity (Wildman–Crippen MR) is 62.5 cm³/mol. The molecule has 0 amide bonds. The zero-order valence-electron chi connectivity index (χ0n) is 8.83. The van der Waals surface area contributed by atoms with Gasteiger partial charge in [0, 0.05) is 19.6 Å². The van der Waals surface area contributed by atoms with Gasteiger partial charge in [0.05, 0.1) is 17.3 Å². The number of halogens is 1. The summed E-state index contributed by atoms with van der Waals surface area (Å²) in [6.45, 7) is 3.95. The SMILES string of the molecule is CCOCCCOc1c(N)cccc1Cl. The molecule has 0 fully saturated rings. The highest BCUT2D eigenvalue weighted by atomic mass is 35.5. The van der Waals surface area contributed by atoms with Gasteiger partial charge in [0.15, 0.2) is 5.75 Å². The van der Waals surface area contributed by atoms with Gasteiger partial charge in [-0.15, -0.1) is 0 Å². The van der Waals surface area contributed by atoms with Crippen molar-refractivity contribution in [3.63, 3.8) is 0 Å². The maximum absolute atomic E-state index is 5.93. The summed E-state index contributed by atoms with van der Waals surface area (Å²) < 4.78 is 10.7. The topological polar surface area (TPSA) is 44.5 Å². The average Bonchev–Trinajstić information content (AvgIpc) is 2.21. The van der Waals surface area contributed by atoms with Crippen molar-refractivity contribution in [1.82, 2.24) is 0 Å². The van der Waals surface area contributed by atoms with E-state index in [0.717, 1.165) is 13.0 Å². The minimum absolute atomic E-state index is 0.548. The van der Waals surface area contributed by atoms with E-state index < -0.39 is 0 Å². The number of nitrogens with two attached hydrogens (primary N) is 1. The molecule has 84 valence electrons. The molecule has 0 aliphatic heterocycles. The molecule has 0 bridgehead atoms. The van der Waals surface area contributed by atoms with E-state index in [9.17, 15) is 0 Å². The van der Waals surface area contributed by atoms with E-state index in [0.29, 0.717) is 29.7 Å². The first-order chi connectivity index (χ1) is 7.25. The number of hydrogen-bond acceptors (Lipinski definition) is 3. The van der Waals surface area contributed by atoms with E-state index in [1.807, 2.05) is 6.92 Å². The molecule has 4 heteroatoms. The monoisotopic (exact) mass is 229 g/mol. The molecule has 0 saturated carbocycles. The van der Waals surface area contributed by atoms with E-state index in [2.05, 4.69) is 0 Å². The van der Waals surface area contributed by atoms with E-state index >= 15 is 0 Å².